The van der Waals surface area contributed by atoms with Gasteiger partial charge < -0.3 is 34.3 Å². The predicted molar refractivity (Wildman–Crippen MR) is 147 cm³/mol. The fourth-order valence-electron chi connectivity index (χ4n) is 6.32. The van der Waals surface area contributed by atoms with Crippen LogP contribution in [-0.4, -0.2) is 102 Å². The summed E-state index contributed by atoms with van der Waals surface area (Å²) in [5, 5.41) is 13.3. The molecule has 4 rings (SSSR count). The number of aryl methyl sites for hydroxylation is 1. The summed E-state index contributed by atoms with van der Waals surface area (Å²) in [6.07, 6.45) is 5.63. The van der Waals surface area contributed by atoms with Crippen LogP contribution in [0.5, 0.6) is 0 Å². The highest BCUT2D eigenvalue weighted by Crippen LogP contribution is 2.28. The maximum absolute atomic E-state index is 14.1. The number of Topliss-reactive ketones (excluding diaryl/α,β-unsaturated/α-hetero) is 1. The van der Waals surface area contributed by atoms with Crippen molar-refractivity contribution in [1.82, 2.24) is 19.7 Å². The third-order valence-electron chi connectivity index (χ3n) is 8.40. The van der Waals surface area contributed by atoms with Gasteiger partial charge in [0.25, 0.3) is 0 Å². The van der Waals surface area contributed by atoms with Crippen molar-refractivity contribution in [2.75, 3.05) is 53.1 Å². The Hall–Kier alpha value is -2.43. The van der Waals surface area contributed by atoms with Crippen LogP contribution in [0.1, 0.15) is 67.7 Å². The second-order valence-corrected chi connectivity index (χ2v) is 11.6. The van der Waals surface area contributed by atoms with Crippen molar-refractivity contribution < 1.29 is 29.0 Å². The predicted octanol–water partition coefficient (Wildman–Crippen LogP) is 2.82. The summed E-state index contributed by atoms with van der Waals surface area (Å²) in [4.78, 5) is 42.5. The van der Waals surface area contributed by atoms with E-state index in [0.717, 1.165) is 50.8 Å². The molecule has 3 heterocycles. The third-order valence-corrected chi connectivity index (χ3v) is 8.40. The smallest absolute Gasteiger partial charge is 0.407 e. The molecule has 39 heavy (non-hydrogen) atoms. The Bertz CT molecular complexity index is 1000. The van der Waals surface area contributed by atoms with Crippen LogP contribution in [-0.2, 0) is 33.7 Å². The molecule has 3 aliphatic rings. The molecule has 0 radical (unpaired) electrons. The summed E-state index contributed by atoms with van der Waals surface area (Å²) in [6.45, 7) is 8.04. The van der Waals surface area contributed by atoms with Gasteiger partial charge in [-0.25, -0.2) is 4.79 Å². The monoisotopic (exact) mass is 546 g/mol. The molecule has 0 spiro atoms. The van der Waals surface area contributed by atoms with E-state index in [2.05, 4.69) is 16.0 Å². The van der Waals surface area contributed by atoms with Gasteiger partial charge in [-0.1, -0.05) is 13.8 Å². The summed E-state index contributed by atoms with van der Waals surface area (Å²) in [6, 6.07) is 1.33. The van der Waals surface area contributed by atoms with Crippen LogP contribution in [0.25, 0.3) is 0 Å². The number of likely N-dealkylation sites (tertiary alicyclic amines) is 1. The van der Waals surface area contributed by atoms with Crippen LogP contribution >= 0.6 is 0 Å². The highest BCUT2D eigenvalue weighted by Gasteiger charge is 2.39. The topological polar surface area (TPSA) is 113 Å². The number of hydrogen-bond donors (Lipinski definition) is 2. The average molecular weight is 547 g/mol. The molecule has 1 aromatic rings. The van der Waals surface area contributed by atoms with E-state index in [1.807, 2.05) is 13.8 Å². The lowest BCUT2D eigenvalue weighted by atomic mass is 9.90. The van der Waals surface area contributed by atoms with Crippen LogP contribution < -0.4 is 5.32 Å². The molecule has 2 saturated heterocycles. The number of ketones is 1. The molecule has 2 aliphatic heterocycles. The highest BCUT2D eigenvalue weighted by molar-refractivity contribution is 5.99. The molecule has 1 aromatic heterocycles. The fourth-order valence-corrected chi connectivity index (χ4v) is 6.32. The molecule has 1 unspecified atom stereocenters. The molecule has 0 aromatic carbocycles. The molecule has 3 atom stereocenters. The number of aromatic nitrogens is 1. The van der Waals surface area contributed by atoms with Crippen LogP contribution in [0.3, 0.4) is 0 Å². The Morgan fingerprint density at radius 1 is 1.10 bits per heavy atom. The molecule has 0 bridgehead atoms. The van der Waals surface area contributed by atoms with Gasteiger partial charge >= 0.3 is 6.09 Å². The minimum Gasteiger partial charge on any atom is -0.465 e. The Kier molecular flexibility index (Phi) is 10.4. The quantitative estimate of drug-likeness (QED) is 0.324. The third kappa shape index (κ3) is 7.21. The van der Waals surface area contributed by atoms with Crippen molar-refractivity contribution in [3.63, 3.8) is 0 Å². The number of hydrogen-bond acceptors (Lipinski definition) is 6. The van der Waals surface area contributed by atoms with Crippen molar-refractivity contribution >= 4 is 17.8 Å². The maximum atomic E-state index is 14.1. The van der Waals surface area contributed by atoms with Crippen LogP contribution in [0.4, 0.5) is 4.79 Å². The van der Waals surface area contributed by atoms with Crippen molar-refractivity contribution in [2.45, 2.75) is 77.4 Å². The summed E-state index contributed by atoms with van der Waals surface area (Å²) in [7, 11) is 1.71. The second-order valence-electron chi connectivity index (χ2n) is 11.6. The minimum absolute atomic E-state index is 0.0000289. The average Bonchev–Trinajstić information content (AvgIpc) is 3.32. The van der Waals surface area contributed by atoms with E-state index in [0.29, 0.717) is 39.3 Å². The summed E-state index contributed by atoms with van der Waals surface area (Å²) < 4.78 is 12.9. The van der Waals surface area contributed by atoms with Gasteiger partial charge in [-0.3, -0.25) is 9.59 Å². The van der Waals surface area contributed by atoms with E-state index < -0.39 is 18.1 Å². The van der Waals surface area contributed by atoms with Crippen LogP contribution in [0, 0.1) is 11.8 Å². The molecule has 2 N–H and O–H groups in total. The van der Waals surface area contributed by atoms with Crippen molar-refractivity contribution in [2.24, 2.45) is 11.8 Å². The van der Waals surface area contributed by atoms with Crippen molar-refractivity contribution in [3.05, 3.63) is 23.0 Å². The van der Waals surface area contributed by atoms with E-state index in [1.165, 1.54) is 16.2 Å². The number of carbonyl (C=O) groups is 3. The number of unbranched alkanes of at least 4 members (excludes halogenated alkanes) is 1. The number of carbonyl (C=O) groups excluding carboxylic acids is 2. The number of amides is 2. The van der Waals surface area contributed by atoms with E-state index >= 15 is 0 Å². The zero-order chi connectivity index (χ0) is 27.9. The van der Waals surface area contributed by atoms with E-state index in [4.69, 9.17) is 9.47 Å². The first-order chi connectivity index (χ1) is 18.8. The molecule has 2 amide bonds. The fraction of sp³-hybridized carbons (Fsp3) is 0.759. The zero-order valence-corrected chi connectivity index (χ0v) is 23.8. The lowest BCUT2D eigenvalue weighted by molar-refractivity contribution is -0.141. The maximum Gasteiger partial charge on any atom is 0.407 e. The Labute approximate surface area is 232 Å². The number of nitrogens with one attached hydrogen (secondary N) is 1. The number of piperidine rings is 1. The Balaban J connectivity index is 1.53. The first kappa shape index (κ1) is 29.6. The van der Waals surface area contributed by atoms with E-state index in [1.54, 1.807) is 12.0 Å². The number of carboxylic acid groups (broad SMARTS) is 1. The lowest BCUT2D eigenvalue weighted by Crippen LogP contribution is -2.58. The van der Waals surface area contributed by atoms with E-state index in [-0.39, 0.29) is 36.7 Å². The Morgan fingerprint density at radius 3 is 2.54 bits per heavy atom. The van der Waals surface area contributed by atoms with Gasteiger partial charge in [0.2, 0.25) is 5.91 Å². The molecule has 10 nitrogen and oxygen atoms in total. The molecular formula is C29H46N4O6. The number of morpholine rings is 1. The standard InChI is InChI=1S/C29H46N4O6/c1-20(2)26(27(34)25-17-21-8-4-5-9-24(21)33(25)10-6-7-13-38-3)30-23-16-22(18-32(19-23)29(36)37)28(35)31-11-14-39-15-12-31/h17,20,22-23,26,30H,4-16,18-19H2,1-3H3,(H,36,37)/t22-,23+,26?/m1/s1. The zero-order valence-electron chi connectivity index (χ0n) is 23.8. The Morgan fingerprint density at radius 2 is 1.85 bits per heavy atom. The van der Waals surface area contributed by atoms with Gasteiger partial charge in [0.15, 0.2) is 5.78 Å². The lowest BCUT2D eigenvalue weighted by Gasteiger charge is -2.40. The largest absolute Gasteiger partial charge is 0.465 e. The van der Waals surface area contributed by atoms with Gasteiger partial charge in [-0.05, 0) is 62.5 Å². The van der Waals surface area contributed by atoms with Gasteiger partial charge in [0, 0.05) is 58.2 Å². The molecule has 2 fully saturated rings. The number of ether oxygens (including phenoxy) is 2. The van der Waals surface area contributed by atoms with Gasteiger partial charge in [0.05, 0.1) is 30.9 Å². The molecule has 0 saturated carbocycles. The summed E-state index contributed by atoms with van der Waals surface area (Å²) in [5.74, 6) is -0.416. The SMILES string of the molecule is COCCCCn1c(C(=O)C(N[C@H]2C[C@@H](C(=O)N3CCOCC3)CN(C(=O)O)C2)C(C)C)cc2c1CCCC2. The van der Waals surface area contributed by atoms with E-state index in [9.17, 15) is 19.5 Å². The first-order valence-electron chi connectivity index (χ1n) is 14.6. The first-order valence-corrected chi connectivity index (χ1v) is 14.6. The van der Waals surface area contributed by atoms with Gasteiger partial charge in [0.1, 0.15) is 0 Å². The van der Waals surface area contributed by atoms with Gasteiger partial charge in [-0.15, -0.1) is 0 Å². The number of fused-ring (bicyclic) bond motifs is 1. The molecular weight excluding hydrogens is 500 g/mol. The number of nitrogens with zero attached hydrogens (tertiary/aromatic N) is 3. The minimum atomic E-state index is -1.04. The summed E-state index contributed by atoms with van der Waals surface area (Å²) >= 11 is 0. The van der Waals surface area contributed by atoms with Crippen molar-refractivity contribution in [1.29, 1.82) is 0 Å². The second kappa shape index (κ2) is 13.8. The molecule has 1 aliphatic carbocycles. The summed E-state index contributed by atoms with van der Waals surface area (Å²) in [5.41, 5.74) is 3.32. The molecule has 10 heteroatoms. The van der Waals surface area contributed by atoms with Crippen molar-refractivity contribution in [3.8, 4) is 0 Å². The number of methoxy groups -OCH3 is 1. The molecule has 218 valence electrons. The normalized spacial score (nSPS) is 22.6. The number of rotatable bonds is 11. The van der Waals surface area contributed by atoms with Gasteiger partial charge in [-0.2, -0.15) is 0 Å². The van der Waals surface area contributed by atoms with Crippen LogP contribution in [0.2, 0.25) is 0 Å². The highest BCUT2D eigenvalue weighted by atomic mass is 16.5. The van der Waals surface area contributed by atoms with Crippen LogP contribution in [0.15, 0.2) is 6.07 Å².